The molecule has 1 N–H and O–H groups in total. The molecule has 1 atom stereocenters. The molecule has 190 valence electrons. The topological polar surface area (TPSA) is 72.9 Å². The van der Waals surface area contributed by atoms with Crippen molar-refractivity contribution in [2.75, 3.05) is 40.5 Å². The second kappa shape index (κ2) is 12.4. The predicted molar refractivity (Wildman–Crippen MR) is 140 cm³/mol. The van der Waals surface area contributed by atoms with Crippen molar-refractivity contribution < 1.29 is 19.0 Å². The number of rotatable bonds is 10. The molecule has 0 radical (unpaired) electrons. The average molecular weight is 490 g/mol. The molecular formula is C29H35N3O4. The minimum atomic E-state index is -0.260. The summed E-state index contributed by atoms with van der Waals surface area (Å²) in [5.74, 6) is 2.11. The van der Waals surface area contributed by atoms with Gasteiger partial charge in [0, 0.05) is 24.7 Å². The van der Waals surface area contributed by atoms with Crippen LogP contribution in [0.25, 0.3) is 0 Å². The van der Waals surface area contributed by atoms with Crippen LogP contribution < -0.4 is 19.5 Å². The second-order valence-corrected chi connectivity index (χ2v) is 9.05. The fourth-order valence-electron chi connectivity index (χ4n) is 4.64. The number of hydrogen-bond acceptors (Lipinski definition) is 6. The molecule has 1 saturated heterocycles. The Hall–Kier alpha value is -3.58. The number of amides is 1. The van der Waals surface area contributed by atoms with Gasteiger partial charge in [-0.3, -0.25) is 9.69 Å². The first-order chi connectivity index (χ1) is 17.6. The van der Waals surface area contributed by atoms with Gasteiger partial charge in [-0.05, 0) is 67.7 Å². The Labute approximate surface area is 213 Å². The van der Waals surface area contributed by atoms with E-state index >= 15 is 0 Å². The van der Waals surface area contributed by atoms with Crippen LogP contribution in [0.1, 0.15) is 35.6 Å². The smallest absolute Gasteiger partial charge is 0.223 e. The summed E-state index contributed by atoms with van der Waals surface area (Å²) in [4.78, 5) is 20.1. The van der Waals surface area contributed by atoms with Crippen molar-refractivity contribution in [1.29, 1.82) is 0 Å². The Balaban J connectivity index is 1.33. The minimum absolute atomic E-state index is 0.0193. The third kappa shape index (κ3) is 6.34. The van der Waals surface area contributed by atoms with Crippen LogP contribution in [0.2, 0.25) is 0 Å². The molecule has 1 aromatic heterocycles. The first-order valence-corrected chi connectivity index (χ1v) is 12.4. The van der Waals surface area contributed by atoms with Gasteiger partial charge in [0.2, 0.25) is 11.8 Å². The number of aryl methyl sites for hydroxylation is 1. The van der Waals surface area contributed by atoms with Gasteiger partial charge in [0.15, 0.2) is 11.5 Å². The average Bonchev–Trinajstić information content (AvgIpc) is 2.93. The van der Waals surface area contributed by atoms with Crippen molar-refractivity contribution in [3.05, 3.63) is 83.6 Å². The van der Waals surface area contributed by atoms with Gasteiger partial charge in [-0.15, -0.1) is 0 Å². The summed E-state index contributed by atoms with van der Waals surface area (Å²) in [7, 11) is 3.24. The molecule has 1 amide bonds. The quantitative estimate of drug-likeness (QED) is 0.455. The van der Waals surface area contributed by atoms with Gasteiger partial charge in [-0.1, -0.05) is 36.4 Å². The van der Waals surface area contributed by atoms with Crippen LogP contribution in [0.5, 0.6) is 17.4 Å². The van der Waals surface area contributed by atoms with E-state index in [-0.39, 0.29) is 17.9 Å². The van der Waals surface area contributed by atoms with Gasteiger partial charge in [0.05, 0.1) is 20.3 Å². The fraction of sp³-hybridized carbons (Fsp3) is 0.379. The number of likely N-dealkylation sites (tertiary alicyclic amines) is 1. The molecule has 0 bridgehead atoms. The zero-order chi connectivity index (χ0) is 25.3. The second-order valence-electron chi connectivity index (χ2n) is 9.05. The molecule has 1 unspecified atom stereocenters. The maximum Gasteiger partial charge on any atom is 0.223 e. The van der Waals surface area contributed by atoms with Gasteiger partial charge in [0.1, 0.15) is 6.61 Å². The van der Waals surface area contributed by atoms with E-state index in [1.807, 2.05) is 48.5 Å². The third-order valence-electron chi connectivity index (χ3n) is 6.78. The van der Waals surface area contributed by atoms with E-state index in [1.165, 1.54) is 0 Å². The number of piperidine rings is 1. The Morgan fingerprint density at radius 2 is 1.72 bits per heavy atom. The van der Waals surface area contributed by atoms with E-state index in [0.717, 1.165) is 60.7 Å². The van der Waals surface area contributed by atoms with Crippen LogP contribution in [-0.2, 0) is 4.79 Å². The predicted octanol–water partition coefficient (Wildman–Crippen LogP) is 4.40. The number of methoxy groups -OCH3 is 2. The van der Waals surface area contributed by atoms with Crippen molar-refractivity contribution in [3.8, 4) is 17.4 Å². The highest BCUT2D eigenvalue weighted by Crippen LogP contribution is 2.28. The number of aromatic nitrogens is 1. The van der Waals surface area contributed by atoms with Crippen molar-refractivity contribution in [2.45, 2.75) is 25.8 Å². The molecule has 2 aromatic carbocycles. The summed E-state index contributed by atoms with van der Waals surface area (Å²) in [5, 5.41) is 3.31. The van der Waals surface area contributed by atoms with Gasteiger partial charge in [-0.2, -0.15) is 0 Å². The number of pyridine rings is 1. The minimum Gasteiger partial charge on any atom is -0.493 e. The Bertz CT molecular complexity index is 1130. The number of nitrogens with one attached hydrogen (secondary N) is 1. The monoisotopic (exact) mass is 489 g/mol. The zero-order valence-corrected chi connectivity index (χ0v) is 21.3. The number of para-hydroxylation sites is 2. The summed E-state index contributed by atoms with van der Waals surface area (Å²) < 4.78 is 16.5. The van der Waals surface area contributed by atoms with Crippen LogP contribution >= 0.6 is 0 Å². The molecule has 36 heavy (non-hydrogen) atoms. The van der Waals surface area contributed by atoms with Crippen molar-refractivity contribution in [2.24, 2.45) is 5.92 Å². The van der Waals surface area contributed by atoms with Crippen LogP contribution in [0, 0.1) is 12.8 Å². The van der Waals surface area contributed by atoms with Gasteiger partial charge in [0.25, 0.3) is 0 Å². The Morgan fingerprint density at radius 1 is 1.00 bits per heavy atom. The lowest BCUT2D eigenvalue weighted by atomic mass is 9.92. The molecule has 0 spiro atoms. The largest absolute Gasteiger partial charge is 0.493 e. The Kier molecular flexibility index (Phi) is 8.79. The molecule has 1 aliphatic rings. The summed E-state index contributed by atoms with van der Waals surface area (Å²) in [5.41, 5.74) is 3.14. The number of ether oxygens (including phenoxy) is 3. The van der Waals surface area contributed by atoms with Crippen molar-refractivity contribution in [3.63, 3.8) is 0 Å². The Morgan fingerprint density at radius 3 is 2.39 bits per heavy atom. The van der Waals surface area contributed by atoms with E-state index in [0.29, 0.717) is 12.5 Å². The van der Waals surface area contributed by atoms with Crippen LogP contribution in [0.3, 0.4) is 0 Å². The summed E-state index contributed by atoms with van der Waals surface area (Å²) >= 11 is 0. The van der Waals surface area contributed by atoms with Crippen LogP contribution in [0.4, 0.5) is 0 Å². The normalized spacial score (nSPS) is 15.2. The maximum atomic E-state index is 13.4. The fourth-order valence-corrected chi connectivity index (χ4v) is 4.64. The van der Waals surface area contributed by atoms with Gasteiger partial charge < -0.3 is 19.5 Å². The molecular weight excluding hydrogens is 454 g/mol. The number of carbonyl (C=O) groups excluding carboxylic acids is 1. The van der Waals surface area contributed by atoms with Gasteiger partial charge >= 0.3 is 0 Å². The number of benzene rings is 2. The summed E-state index contributed by atoms with van der Waals surface area (Å²) in [6, 6.07) is 19.4. The number of hydrogen-bond donors (Lipinski definition) is 1. The molecule has 0 aliphatic carbocycles. The lowest BCUT2D eigenvalue weighted by Gasteiger charge is -2.32. The molecule has 3 aromatic rings. The molecule has 0 saturated carbocycles. The van der Waals surface area contributed by atoms with E-state index in [4.69, 9.17) is 14.2 Å². The lowest BCUT2D eigenvalue weighted by molar-refractivity contribution is -0.127. The number of nitrogens with zero attached hydrogens (tertiary/aromatic N) is 2. The molecule has 7 nitrogen and oxygen atoms in total. The molecule has 4 rings (SSSR count). The van der Waals surface area contributed by atoms with Crippen molar-refractivity contribution >= 4 is 5.91 Å². The van der Waals surface area contributed by atoms with E-state index in [2.05, 4.69) is 34.3 Å². The highest BCUT2D eigenvalue weighted by atomic mass is 16.5. The zero-order valence-electron chi connectivity index (χ0n) is 21.3. The first kappa shape index (κ1) is 25.5. The van der Waals surface area contributed by atoms with E-state index < -0.39 is 0 Å². The number of carbonyl (C=O) groups is 1. The van der Waals surface area contributed by atoms with E-state index in [1.54, 1.807) is 20.4 Å². The van der Waals surface area contributed by atoms with E-state index in [9.17, 15) is 4.79 Å². The van der Waals surface area contributed by atoms with Crippen LogP contribution in [0.15, 0.2) is 66.9 Å². The van der Waals surface area contributed by atoms with Gasteiger partial charge in [-0.25, -0.2) is 4.98 Å². The molecule has 2 heterocycles. The highest BCUT2D eigenvalue weighted by Gasteiger charge is 2.28. The molecule has 1 fully saturated rings. The van der Waals surface area contributed by atoms with Crippen LogP contribution in [-0.4, -0.2) is 56.3 Å². The summed E-state index contributed by atoms with van der Waals surface area (Å²) in [6.07, 6.45) is 3.42. The molecule has 7 heteroatoms. The SMILES string of the molecule is COc1ccc(C(NC(=O)C2CCN(CCOc3ccccc3OC)CC2)c2ccccc2C)cn1. The molecule has 1 aliphatic heterocycles. The maximum absolute atomic E-state index is 13.4. The third-order valence-corrected chi connectivity index (χ3v) is 6.78. The highest BCUT2D eigenvalue weighted by molar-refractivity contribution is 5.79. The lowest BCUT2D eigenvalue weighted by Crippen LogP contribution is -2.42. The van der Waals surface area contributed by atoms with Crippen molar-refractivity contribution in [1.82, 2.24) is 15.2 Å². The first-order valence-electron chi connectivity index (χ1n) is 12.4. The summed E-state index contributed by atoms with van der Waals surface area (Å²) in [6.45, 7) is 5.20. The standard InChI is InChI=1S/C29H35N3O4/c1-21-8-4-5-9-24(21)28(23-12-13-27(35-3)30-20-23)31-29(33)22-14-16-32(17-15-22)18-19-36-26-11-7-6-10-25(26)34-2/h4-13,20,22,28H,14-19H2,1-3H3,(H,31,33).